The van der Waals surface area contributed by atoms with Crippen LogP contribution < -0.4 is 14.8 Å². The summed E-state index contributed by atoms with van der Waals surface area (Å²) in [5.41, 5.74) is 0.740. The molecule has 2 heterocycles. The number of nitrogens with one attached hydrogen (secondary N) is 1. The number of likely N-dealkylation sites (N-methyl/N-ethyl adjacent to an activating group) is 1. The van der Waals surface area contributed by atoms with Crippen molar-refractivity contribution in [1.29, 1.82) is 0 Å². The van der Waals surface area contributed by atoms with Crippen molar-refractivity contribution in [2.45, 2.75) is 19.8 Å². The summed E-state index contributed by atoms with van der Waals surface area (Å²) in [7, 11) is 5.08. The lowest BCUT2D eigenvalue weighted by atomic mass is 10.2. The highest BCUT2D eigenvalue weighted by molar-refractivity contribution is 7.15. The van der Waals surface area contributed by atoms with E-state index in [0.29, 0.717) is 35.5 Å². The molecule has 1 aromatic carbocycles. The number of ether oxygens (including phenoxy) is 2. The highest BCUT2D eigenvalue weighted by atomic mass is 32.1. The van der Waals surface area contributed by atoms with Crippen LogP contribution in [0, 0.1) is 0 Å². The molecule has 0 atom stereocenters. The molecule has 0 aliphatic heterocycles. The lowest BCUT2D eigenvalue weighted by molar-refractivity contribution is -0.127. The largest absolute Gasteiger partial charge is 0.493 e. The van der Waals surface area contributed by atoms with Gasteiger partial charge in [-0.15, -0.1) is 11.3 Å². The molecule has 2 aromatic heterocycles. The number of thiazole rings is 1. The van der Waals surface area contributed by atoms with Gasteiger partial charge >= 0.3 is 0 Å². The Hall–Kier alpha value is -2.94. The van der Waals surface area contributed by atoms with E-state index in [0.717, 1.165) is 22.2 Å². The minimum absolute atomic E-state index is 0.0343. The number of nitrogens with zero attached hydrogens (tertiary/aromatic N) is 4. The molecule has 0 aliphatic carbocycles. The maximum atomic E-state index is 11.9. The van der Waals surface area contributed by atoms with E-state index in [1.54, 1.807) is 32.3 Å². The molecular formula is C19H23N5O3S. The van der Waals surface area contributed by atoms with Gasteiger partial charge in [-0.05, 0) is 12.5 Å². The Bertz CT molecular complexity index is 973. The molecule has 0 bridgehead atoms. The number of anilines is 2. The van der Waals surface area contributed by atoms with E-state index in [9.17, 15) is 4.79 Å². The molecule has 3 aromatic rings. The van der Waals surface area contributed by atoms with Gasteiger partial charge in [0.05, 0.1) is 25.7 Å². The topological polar surface area (TPSA) is 89.5 Å². The number of methoxy groups -OCH3 is 1. The second kappa shape index (κ2) is 8.83. The monoisotopic (exact) mass is 401 g/mol. The van der Waals surface area contributed by atoms with Gasteiger partial charge in [0.1, 0.15) is 12.1 Å². The highest BCUT2D eigenvalue weighted by Gasteiger charge is 2.14. The normalized spacial score (nSPS) is 10.7. The van der Waals surface area contributed by atoms with Crippen LogP contribution >= 0.6 is 11.3 Å². The third-order valence-corrected chi connectivity index (χ3v) is 4.90. The summed E-state index contributed by atoms with van der Waals surface area (Å²) in [6.07, 6.45) is 4.42. The van der Waals surface area contributed by atoms with E-state index in [2.05, 4.69) is 20.3 Å². The molecule has 0 saturated heterocycles. The molecule has 8 nitrogen and oxygen atoms in total. The fourth-order valence-corrected chi connectivity index (χ4v) is 3.31. The van der Waals surface area contributed by atoms with Gasteiger partial charge in [0.15, 0.2) is 16.6 Å². The Kier molecular flexibility index (Phi) is 6.25. The molecule has 28 heavy (non-hydrogen) atoms. The first-order valence-corrected chi connectivity index (χ1v) is 9.71. The molecule has 9 heteroatoms. The zero-order chi connectivity index (χ0) is 20.1. The summed E-state index contributed by atoms with van der Waals surface area (Å²) in [6.45, 7) is 2.65. The maximum Gasteiger partial charge on any atom is 0.227 e. The Labute approximate surface area is 167 Å². The van der Waals surface area contributed by atoms with Gasteiger partial charge in [-0.25, -0.2) is 15.0 Å². The zero-order valence-electron chi connectivity index (χ0n) is 16.4. The molecule has 0 radical (unpaired) electrons. The first kappa shape index (κ1) is 19.8. The van der Waals surface area contributed by atoms with Crippen molar-refractivity contribution in [2.24, 2.45) is 0 Å². The number of hydrogen-bond donors (Lipinski definition) is 1. The lowest BCUT2D eigenvalue weighted by Gasteiger charge is -2.12. The van der Waals surface area contributed by atoms with Crippen LogP contribution in [0.3, 0.4) is 0 Å². The van der Waals surface area contributed by atoms with Crippen LogP contribution in [-0.4, -0.2) is 53.6 Å². The van der Waals surface area contributed by atoms with Crippen molar-refractivity contribution < 1.29 is 14.3 Å². The maximum absolute atomic E-state index is 11.9. The number of rotatable bonds is 8. The fourth-order valence-electron chi connectivity index (χ4n) is 2.50. The van der Waals surface area contributed by atoms with Crippen LogP contribution in [0.4, 0.5) is 10.9 Å². The summed E-state index contributed by atoms with van der Waals surface area (Å²) in [6, 6.07) is 3.70. The molecule has 1 N–H and O–H groups in total. The average molecular weight is 401 g/mol. The summed E-state index contributed by atoms with van der Waals surface area (Å²) < 4.78 is 11.2. The van der Waals surface area contributed by atoms with Crippen molar-refractivity contribution in [3.8, 4) is 11.5 Å². The van der Waals surface area contributed by atoms with Crippen LogP contribution in [0.25, 0.3) is 10.9 Å². The predicted molar refractivity (Wildman–Crippen MR) is 110 cm³/mol. The standard InChI is InChI=1S/C19H23N5O3S/c1-5-6-27-16-9-14-13(8-15(16)26-4)18(22-11-21-14)23-19-20-10-12(28-19)7-17(25)24(2)3/h8-11H,5-7H2,1-4H3,(H,20,21,22,23). The van der Waals surface area contributed by atoms with Crippen molar-refractivity contribution in [3.05, 3.63) is 29.5 Å². The molecule has 0 fully saturated rings. The minimum atomic E-state index is 0.0343. The Morgan fingerprint density at radius 1 is 1.21 bits per heavy atom. The van der Waals surface area contributed by atoms with Gasteiger partial charge in [-0.2, -0.15) is 0 Å². The third-order valence-electron chi connectivity index (χ3n) is 3.99. The van der Waals surface area contributed by atoms with Crippen molar-refractivity contribution in [1.82, 2.24) is 19.9 Å². The predicted octanol–water partition coefficient (Wildman–Crippen LogP) is 3.26. The Balaban J connectivity index is 1.87. The molecule has 148 valence electrons. The number of carbonyl (C=O) groups excluding carboxylic acids is 1. The molecule has 0 spiro atoms. The molecule has 0 unspecified atom stereocenters. The molecule has 3 rings (SSSR count). The van der Waals surface area contributed by atoms with E-state index < -0.39 is 0 Å². The Morgan fingerprint density at radius 3 is 2.75 bits per heavy atom. The zero-order valence-corrected chi connectivity index (χ0v) is 17.2. The van der Waals surface area contributed by atoms with Crippen LogP contribution in [0.5, 0.6) is 11.5 Å². The number of carbonyl (C=O) groups is 1. The lowest BCUT2D eigenvalue weighted by Crippen LogP contribution is -2.23. The van der Waals surface area contributed by atoms with Crippen LogP contribution in [0.15, 0.2) is 24.7 Å². The van der Waals surface area contributed by atoms with Crippen LogP contribution in [0.1, 0.15) is 18.2 Å². The van der Waals surface area contributed by atoms with Gasteiger partial charge < -0.3 is 19.7 Å². The molecule has 1 amide bonds. The second-order valence-electron chi connectivity index (χ2n) is 6.31. The van der Waals surface area contributed by atoms with Gasteiger partial charge in [-0.3, -0.25) is 4.79 Å². The summed E-state index contributed by atoms with van der Waals surface area (Å²) >= 11 is 1.42. The van der Waals surface area contributed by atoms with Gasteiger partial charge in [0.2, 0.25) is 5.91 Å². The smallest absolute Gasteiger partial charge is 0.227 e. The average Bonchev–Trinajstić information content (AvgIpc) is 3.12. The van der Waals surface area contributed by atoms with Gasteiger partial charge in [-0.1, -0.05) is 6.92 Å². The quantitative estimate of drug-likeness (QED) is 0.620. The van der Waals surface area contributed by atoms with E-state index in [1.165, 1.54) is 17.7 Å². The van der Waals surface area contributed by atoms with Crippen LogP contribution in [-0.2, 0) is 11.2 Å². The summed E-state index contributed by atoms with van der Waals surface area (Å²) in [4.78, 5) is 27.3. The first-order valence-electron chi connectivity index (χ1n) is 8.89. The van der Waals surface area contributed by atoms with E-state index in [4.69, 9.17) is 9.47 Å². The van der Waals surface area contributed by atoms with Crippen molar-refractivity contribution in [2.75, 3.05) is 33.1 Å². The number of aromatic nitrogens is 3. The second-order valence-corrected chi connectivity index (χ2v) is 7.43. The van der Waals surface area contributed by atoms with E-state index in [-0.39, 0.29) is 5.91 Å². The summed E-state index contributed by atoms with van der Waals surface area (Å²) in [5, 5.41) is 4.67. The van der Waals surface area contributed by atoms with E-state index in [1.807, 2.05) is 19.1 Å². The number of benzene rings is 1. The van der Waals surface area contributed by atoms with Gasteiger partial charge in [0, 0.05) is 36.6 Å². The third kappa shape index (κ3) is 4.48. The minimum Gasteiger partial charge on any atom is -0.493 e. The number of fused-ring (bicyclic) bond motifs is 1. The van der Waals surface area contributed by atoms with E-state index >= 15 is 0 Å². The van der Waals surface area contributed by atoms with Crippen molar-refractivity contribution in [3.63, 3.8) is 0 Å². The van der Waals surface area contributed by atoms with Gasteiger partial charge in [0.25, 0.3) is 0 Å². The molecule has 0 aliphatic rings. The Morgan fingerprint density at radius 2 is 2.04 bits per heavy atom. The van der Waals surface area contributed by atoms with Crippen molar-refractivity contribution >= 4 is 39.1 Å². The number of amides is 1. The SMILES string of the molecule is CCCOc1cc2ncnc(Nc3ncc(CC(=O)N(C)C)s3)c2cc1OC. The molecular weight excluding hydrogens is 378 g/mol. The highest BCUT2D eigenvalue weighted by Crippen LogP contribution is 2.35. The molecule has 0 saturated carbocycles. The first-order chi connectivity index (χ1) is 13.5. The fraction of sp³-hybridized carbons (Fsp3) is 0.368. The summed E-state index contributed by atoms with van der Waals surface area (Å²) in [5.74, 6) is 1.92. The number of hydrogen-bond acceptors (Lipinski definition) is 8. The van der Waals surface area contributed by atoms with Crippen LogP contribution in [0.2, 0.25) is 0 Å².